The number of benzene rings is 1. The second-order valence-corrected chi connectivity index (χ2v) is 7.99. The molecule has 0 fully saturated rings. The molecule has 154 valence electrons. The van der Waals surface area contributed by atoms with E-state index >= 15 is 0 Å². The van der Waals surface area contributed by atoms with Gasteiger partial charge in [-0.05, 0) is 37.0 Å². The van der Waals surface area contributed by atoms with Crippen LogP contribution >= 0.6 is 0 Å². The van der Waals surface area contributed by atoms with Gasteiger partial charge in [0.2, 0.25) is 0 Å². The first kappa shape index (κ1) is 18.7. The van der Waals surface area contributed by atoms with Crippen molar-refractivity contribution in [2.24, 2.45) is 5.92 Å². The molecule has 3 aliphatic rings. The molecule has 0 radical (unpaired) electrons. The van der Waals surface area contributed by atoms with Crippen LogP contribution in [0.2, 0.25) is 0 Å². The van der Waals surface area contributed by atoms with Gasteiger partial charge in [-0.3, -0.25) is 14.3 Å². The van der Waals surface area contributed by atoms with Crippen molar-refractivity contribution in [2.75, 3.05) is 18.6 Å². The summed E-state index contributed by atoms with van der Waals surface area (Å²) in [5.41, 5.74) is 2.14. The number of hydrogen-bond acceptors (Lipinski definition) is 4. The van der Waals surface area contributed by atoms with Gasteiger partial charge in [0.05, 0.1) is 5.69 Å². The SMILES string of the molecule is CN1C(=O)[C@@H](NC(=O)c2cc3n(n2)CC[C@@H]3C2C=CC=CC2)COc2ccccc21. The van der Waals surface area contributed by atoms with Crippen molar-refractivity contribution in [3.63, 3.8) is 0 Å². The number of rotatable bonds is 3. The Morgan fingerprint density at radius 2 is 2.13 bits per heavy atom. The maximum Gasteiger partial charge on any atom is 0.272 e. The van der Waals surface area contributed by atoms with Gasteiger partial charge in [0.1, 0.15) is 24.1 Å². The molecule has 7 heteroatoms. The molecule has 2 aliphatic heterocycles. The Balaban J connectivity index is 1.31. The van der Waals surface area contributed by atoms with Crippen LogP contribution in [0.15, 0.2) is 54.6 Å². The summed E-state index contributed by atoms with van der Waals surface area (Å²) < 4.78 is 7.71. The highest BCUT2D eigenvalue weighted by molar-refractivity contribution is 6.02. The van der Waals surface area contributed by atoms with E-state index in [1.807, 2.05) is 35.0 Å². The van der Waals surface area contributed by atoms with Crippen molar-refractivity contribution in [1.82, 2.24) is 15.1 Å². The van der Waals surface area contributed by atoms with Gasteiger partial charge in [0.25, 0.3) is 11.8 Å². The van der Waals surface area contributed by atoms with E-state index < -0.39 is 6.04 Å². The fraction of sp³-hybridized carbons (Fsp3) is 0.348. The largest absolute Gasteiger partial charge is 0.489 e. The minimum atomic E-state index is -0.770. The topological polar surface area (TPSA) is 76.5 Å². The van der Waals surface area contributed by atoms with E-state index in [9.17, 15) is 9.59 Å². The zero-order valence-corrected chi connectivity index (χ0v) is 16.8. The number of carbonyl (C=O) groups excluding carboxylic acids is 2. The molecule has 30 heavy (non-hydrogen) atoms. The molecule has 0 saturated heterocycles. The Bertz CT molecular complexity index is 1050. The predicted octanol–water partition coefficient (Wildman–Crippen LogP) is 2.66. The van der Waals surface area contributed by atoms with Gasteiger partial charge in [-0.15, -0.1) is 0 Å². The lowest BCUT2D eigenvalue weighted by molar-refractivity contribution is -0.120. The van der Waals surface area contributed by atoms with E-state index in [0.29, 0.717) is 29.0 Å². The lowest BCUT2D eigenvalue weighted by Crippen LogP contribution is -2.49. The molecule has 7 nitrogen and oxygen atoms in total. The molecule has 5 rings (SSSR count). The molecular formula is C23H24N4O3. The molecule has 2 aromatic rings. The minimum Gasteiger partial charge on any atom is -0.489 e. The van der Waals surface area contributed by atoms with E-state index in [4.69, 9.17) is 4.74 Å². The first-order valence-electron chi connectivity index (χ1n) is 10.3. The second-order valence-electron chi connectivity index (χ2n) is 7.99. The van der Waals surface area contributed by atoms with Crippen molar-refractivity contribution >= 4 is 17.5 Å². The molecule has 1 aromatic heterocycles. The molecule has 1 aliphatic carbocycles. The van der Waals surface area contributed by atoms with Crippen molar-refractivity contribution in [2.45, 2.75) is 31.3 Å². The molecule has 2 amide bonds. The zero-order valence-electron chi connectivity index (χ0n) is 16.8. The van der Waals surface area contributed by atoms with Crippen LogP contribution in [0, 0.1) is 5.92 Å². The van der Waals surface area contributed by atoms with Crippen LogP contribution in [0.5, 0.6) is 5.75 Å². The number of likely N-dealkylation sites (N-methyl/N-ethyl adjacent to an activating group) is 1. The average molecular weight is 404 g/mol. The van der Waals surface area contributed by atoms with Crippen LogP contribution in [0.25, 0.3) is 0 Å². The standard InChI is InChI=1S/C23H24N4O3/c1-26-19-9-5-6-10-21(19)30-14-18(23(26)29)24-22(28)17-13-20-16(11-12-27(20)25-17)15-7-3-2-4-8-15/h2-7,9-10,13,15-16,18H,8,11-12,14H2,1H3,(H,24,28)/t15?,16-,18+/m1/s1. The lowest BCUT2D eigenvalue weighted by Gasteiger charge is -2.20. The Kier molecular flexibility index (Phi) is 4.65. The molecule has 0 saturated carbocycles. The molecular weight excluding hydrogens is 380 g/mol. The normalized spacial score (nSPS) is 24.8. The Hall–Kier alpha value is -3.35. The summed E-state index contributed by atoms with van der Waals surface area (Å²) in [6.07, 6.45) is 10.6. The number of para-hydroxylation sites is 2. The van der Waals surface area contributed by atoms with Gasteiger partial charge in [-0.2, -0.15) is 5.10 Å². The number of anilines is 1. The number of allylic oxidation sites excluding steroid dienone is 4. The number of carbonyl (C=O) groups is 2. The van der Waals surface area contributed by atoms with Gasteiger partial charge < -0.3 is 15.0 Å². The quantitative estimate of drug-likeness (QED) is 0.853. The number of nitrogens with one attached hydrogen (secondary N) is 1. The van der Waals surface area contributed by atoms with E-state index in [1.54, 1.807) is 7.05 Å². The Labute approximate surface area is 175 Å². The summed E-state index contributed by atoms with van der Waals surface area (Å²) in [5, 5.41) is 7.32. The maximum absolute atomic E-state index is 12.9. The highest BCUT2D eigenvalue weighted by Gasteiger charge is 2.34. The number of aryl methyl sites for hydroxylation is 1. The fourth-order valence-electron chi connectivity index (χ4n) is 4.55. The van der Waals surface area contributed by atoms with Gasteiger partial charge >= 0.3 is 0 Å². The summed E-state index contributed by atoms with van der Waals surface area (Å²) in [6, 6.07) is 8.46. The smallest absolute Gasteiger partial charge is 0.272 e. The summed E-state index contributed by atoms with van der Waals surface area (Å²) in [4.78, 5) is 27.3. The summed E-state index contributed by atoms with van der Waals surface area (Å²) in [6.45, 7) is 0.895. The molecule has 1 unspecified atom stereocenters. The third kappa shape index (κ3) is 3.20. The number of aromatic nitrogens is 2. The number of fused-ring (bicyclic) bond motifs is 2. The van der Waals surface area contributed by atoms with Crippen molar-refractivity contribution in [3.05, 3.63) is 66.0 Å². The summed E-state index contributed by atoms with van der Waals surface area (Å²) in [5.74, 6) is 0.869. The highest BCUT2D eigenvalue weighted by Crippen LogP contribution is 2.38. The minimum absolute atomic E-state index is 0.0846. The molecule has 1 N–H and O–H groups in total. The molecule has 0 bridgehead atoms. The molecule has 3 heterocycles. The van der Waals surface area contributed by atoms with E-state index in [-0.39, 0.29) is 18.4 Å². The van der Waals surface area contributed by atoms with Gasteiger partial charge in [-0.25, -0.2) is 0 Å². The van der Waals surface area contributed by atoms with Crippen molar-refractivity contribution < 1.29 is 14.3 Å². The highest BCUT2D eigenvalue weighted by atomic mass is 16.5. The first-order valence-corrected chi connectivity index (χ1v) is 10.3. The number of nitrogens with zero attached hydrogens (tertiary/aromatic N) is 3. The molecule has 3 atom stereocenters. The number of ether oxygens (including phenoxy) is 1. The van der Waals surface area contributed by atoms with E-state index in [2.05, 4.69) is 34.7 Å². The second kappa shape index (κ2) is 7.48. The number of amides is 2. The lowest BCUT2D eigenvalue weighted by atomic mass is 9.84. The third-order valence-electron chi connectivity index (χ3n) is 6.17. The zero-order chi connectivity index (χ0) is 20.7. The predicted molar refractivity (Wildman–Crippen MR) is 113 cm³/mol. The van der Waals surface area contributed by atoms with Gasteiger partial charge in [0, 0.05) is 25.2 Å². The van der Waals surface area contributed by atoms with Crippen LogP contribution in [0.4, 0.5) is 5.69 Å². The Morgan fingerprint density at radius 1 is 1.27 bits per heavy atom. The van der Waals surface area contributed by atoms with Gasteiger partial charge in [0.15, 0.2) is 0 Å². The van der Waals surface area contributed by atoms with Crippen molar-refractivity contribution in [1.29, 1.82) is 0 Å². The molecule has 0 spiro atoms. The van der Waals surface area contributed by atoms with E-state index in [1.165, 1.54) is 4.90 Å². The van der Waals surface area contributed by atoms with E-state index in [0.717, 1.165) is 25.1 Å². The van der Waals surface area contributed by atoms with Crippen LogP contribution in [-0.4, -0.2) is 41.3 Å². The average Bonchev–Trinajstić information content (AvgIpc) is 3.34. The van der Waals surface area contributed by atoms with Crippen LogP contribution in [0.3, 0.4) is 0 Å². The van der Waals surface area contributed by atoms with Crippen LogP contribution in [0.1, 0.15) is 34.9 Å². The van der Waals surface area contributed by atoms with Crippen molar-refractivity contribution in [3.8, 4) is 5.75 Å². The van der Waals surface area contributed by atoms with Crippen LogP contribution < -0.4 is 15.0 Å². The maximum atomic E-state index is 12.9. The van der Waals surface area contributed by atoms with Gasteiger partial charge in [-0.1, -0.05) is 36.4 Å². The first-order chi connectivity index (χ1) is 14.6. The summed E-state index contributed by atoms with van der Waals surface area (Å²) in [7, 11) is 1.69. The monoisotopic (exact) mass is 404 g/mol. The fourth-order valence-corrected chi connectivity index (χ4v) is 4.55. The number of hydrogen-bond donors (Lipinski definition) is 1. The molecule has 1 aromatic carbocycles. The Morgan fingerprint density at radius 3 is 2.97 bits per heavy atom. The third-order valence-corrected chi connectivity index (χ3v) is 6.17. The van der Waals surface area contributed by atoms with Crippen LogP contribution in [-0.2, 0) is 11.3 Å². The summed E-state index contributed by atoms with van der Waals surface area (Å²) >= 11 is 0.